The number of nitriles is 1. The van der Waals surface area contributed by atoms with Gasteiger partial charge >= 0.3 is 10.5 Å². The molecule has 0 fully saturated rings. The van der Waals surface area contributed by atoms with Gasteiger partial charge in [0, 0.05) is 29.1 Å². The maximum Gasteiger partial charge on any atom is 0.386 e. The average molecular weight is 490 g/mol. The minimum absolute atomic E-state index is 0.0756. The summed E-state index contributed by atoms with van der Waals surface area (Å²) in [5, 5.41) is 18.8. The van der Waals surface area contributed by atoms with Crippen LogP contribution in [0.5, 0.6) is 0 Å². The van der Waals surface area contributed by atoms with Crippen LogP contribution in [-0.4, -0.2) is 27.1 Å². The molecule has 3 aromatic rings. The first-order valence-electron chi connectivity index (χ1n) is 8.97. The van der Waals surface area contributed by atoms with Gasteiger partial charge in [-0.3, -0.25) is 4.55 Å². The number of nitrogens with one attached hydrogen (secondary N) is 3. The second-order valence-corrected chi connectivity index (χ2v) is 9.54. The third kappa shape index (κ3) is 5.37. The summed E-state index contributed by atoms with van der Waals surface area (Å²) in [6, 6.07) is 12.4. The van der Waals surface area contributed by atoms with Crippen molar-refractivity contribution in [2.24, 2.45) is 5.11 Å². The number of rotatable bonds is 7. The summed E-state index contributed by atoms with van der Waals surface area (Å²) in [6.07, 6.45) is 0. The van der Waals surface area contributed by atoms with Crippen LogP contribution >= 0.6 is 0 Å². The molecule has 0 amide bonds. The number of anilines is 4. The molecule has 0 aliphatic rings. The number of hydrogen-bond acceptors (Lipinski definition) is 9. The molecule has 0 aliphatic heterocycles. The fourth-order valence-corrected chi connectivity index (χ4v) is 3.82. The van der Waals surface area contributed by atoms with Gasteiger partial charge in [-0.25, -0.2) is 10.5 Å². The van der Waals surface area contributed by atoms with Crippen molar-refractivity contribution in [3.05, 3.63) is 59.7 Å². The molecular formula is C19H17N6O6S2+. The van der Waals surface area contributed by atoms with Gasteiger partial charge in [-0.05, 0) is 47.5 Å². The van der Waals surface area contributed by atoms with Crippen molar-refractivity contribution in [1.29, 1.82) is 10.8 Å². The van der Waals surface area contributed by atoms with E-state index in [0.29, 0.717) is 16.9 Å². The molecule has 33 heavy (non-hydrogen) atoms. The lowest BCUT2D eigenvalue weighted by Crippen LogP contribution is -2.07. The molecule has 0 aliphatic carbocycles. The van der Waals surface area contributed by atoms with E-state index in [0.717, 1.165) is 0 Å². The van der Waals surface area contributed by atoms with E-state index in [-0.39, 0.29) is 32.7 Å². The second-order valence-electron chi connectivity index (χ2n) is 6.65. The molecule has 0 spiro atoms. The van der Waals surface area contributed by atoms with E-state index in [2.05, 4.69) is 20.7 Å². The zero-order valence-electron chi connectivity index (χ0n) is 16.8. The summed E-state index contributed by atoms with van der Waals surface area (Å²) in [4.78, 5) is 3.83. The van der Waals surface area contributed by atoms with E-state index in [1.807, 2.05) is 6.07 Å². The van der Waals surface area contributed by atoms with Crippen LogP contribution in [0.4, 0.5) is 28.7 Å². The molecule has 6 N–H and O–H groups in total. The Bertz CT molecular complexity index is 1410. The number of benzene rings is 2. The third-order valence-corrected chi connectivity index (χ3v) is 6.23. The molecule has 0 unspecified atom stereocenters. The molecule has 0 radical (unpaired) electrons. The van der Waals surface area contributed by atoms with Crippen LogP contribution in [0.3, 0.4) is 0 Å². The average Bonchev–Trinajstić information content (AvgIpc) is 2.73. The lowest BCUT2D eigenvalue weighted by atomic mass is 10.1. The maximum atomic E-state index is 11.3. The van der Waals surface area contributed by atoms with E-state index >= 15 is 0 Å². The van der Waals surface area contributed by atoms with Crippen molar-refractivity contribution in [2.45, 2.75) is 16.7 Å². The van der Waals surface area contributed by atoms with Crippen LogP contribution < -0.4 is 10.6 Å². The summed E-state index contributed by atoms with van der Waals surface area (Å²) in [5.74, 6) is 0.190. The summed E-state index contributed by atoms with van der Waals surface area (Å²) in [7, 11) is -8.48. The van der Waals surface area contributed by atoms with Crippen LogP contribution in [0, 0.1) is 23.8 Å². The lowest BCUT2D eigenvalue weighted by Gasteiger charge is -2.15. The summed E-state index contributed by atoms with van der Waals surface area (Å²) in [6.45, 7) is 1.57. The third-order valence-electron chi connectivity index (χ3n) is 4.48. The van der Waals surface area contributed by atoms with E-state index in [9.17, 15) is 27.0 Å². The Labute approximate surface area is 189 Å². The Hall–Kier alpha value is -3.74. The second kappa shape index (κ2) is 9.02. The molecule has 14 heteroatoms. The molecule has 3 rings (SSSR count). The van der Waals surface area contributed by atoms with E-state index in [4.69, 9.17) is 10.1 Å². The van der Waals surface area contributed by atoms with Gasteiger partial charge in [-0.1, -0.05) is 0 Å². The smallest absolute Gasteiger partial charge is 0.339 e. The number of nitrogens with zero attached hydrogens (tertiary/aromatic N) is 3. The Kier molecular flexibility index (Phi) is 6.53. The number of pyridine rings is 1. The summed E-state index contributed by atoms with van der Waals surface area (Å²) in [5.41, 5.74) is 8.77. The first-order chi connectivity index (χ1) is 15.4. The fourth-order valence-electron chi connectivity index (χ4n) is 2.84. The number of aromatic nitrogens is 1. The van der Waals surface area contributed by atoms with Gasteiger partial charge in [0.05, 0.1) is 10.5 Å². The highest BCUT2D eigenvalue weighted by Crippen LogP contribution is 2.36. The molecule has 170 valence electrons. The van der Waals surface area contributed by atoms with Crippen molar-refractivity contribution < 1.29 is 26.3 Å². The Morgan fingerprint density at radius 3 is 2.00 bits per heavy atom. The van der Waals surface area contributed by atoms with Crippen LogP contribution in [0.2, 0.25) is 0 Å². The maximum absolute atomic E-state index is 11.3. The molecule has 1 heterocycles. The van der Waals surface area contributed by atoms with E-state index in [1.165, 1.54) is 48.5 Å². The van der Waals surface area contributed by atoms with Crippen LogP contribution in [0.1, 0.15) is 11.1 Å². The standard InChI is InChI=1S/C19H16N6O6S2/c1-11-16(10-20)18(22-12-2-6-14(7-3-12)32(26,27)28)24-19(17(11)25-21)23-13-4-8-15(9-5-13)33(29,30)31/h2-9,21H,1H3,(H4-,22,23,24,26,27,28,29,30,31)/p+1. The van der Waals surface area contributed by atoms with Gasteiger partial charge < -0.3 is 10.6 Å². The molecule has 0 bridgehead atoms. The molecule has 0 saturated heterocycles. The normalized spacial score (nSPS) is 11.5. The fraction of sp³-hybridized carbons (Fsp3) is 0.0526. The molecular weight excluding hydrogens is 472 g/mol. The highest BCUT2D eigenvalue weighted by atomic mass is 32.3. The van der Waals surface area contributed by atoms with Gasteiger partial charge in [0.25, 0.3) is 10.1 Å². The predicted octanol–water partition coefficient (Wildman–Crippen LogP) is 4.46. The predicted molar refractivity (Wildman–Crippen MR) is 119 cm³/mol. The first kappa shape index (κ1) is 23.9. The SMILES string of the molecule is Cc1c(C#N)c(Nc2ccc([S+](=O)(O)O)cc2)nc(Nc2ccc(S(=O)(=O)O)cc2)c1N=N. The highest BCUT2D eigenvalue weighted by molar-refractivity contribution is 7.92. The van der Waals surface area contributed by atoms with Crippen molar-refractivity contribution >= 4 is 49.3 Å². The largest absolute Gasteiger partial charge is 0.386 e. The van der Waals surface area contributed by atoms with Crippen molar-refractivity contribution in [2.75, 3.05) is 10.6 Å². The molecule has 1 aromatic heterocycles. The lowest BCUT2D eigenvalue weighted by molar-refractivity contribution is 0.399. The monoisotopic (exact) mass is 489 g/mol. The minimum atomic E-state index is -4.36. The zero-order chi connectivity index (χ0) is 24.4. The van der Waals surface area contributed by atoms with Crippen molar-refractivity contribution in [3.63, 3.8) is 0 Å². The Morgan fingerprint density at radius 2 is 1.55 bits per heavy atom. The highest BCUT2D eigenvalue weighted by Gasteiger charge is 2.25. The zero-order valence-corrected chi connectivity index (χ0v) is 18.5. The number of hydrogen-bond donors (Lipinski definition) is 6. The van der Waals surface area contributed by atoms with E-state index < -0.39 is 20.6 Å². The molecule has 2 aromatic carbocycles. The van der Waals surface area contributed by atoms with Crippen molar-refractivity contribution in [3.8, 4) is 6.07 Å². The van der Waals surface area contributed by atoms with Gasteiger partial charge in [0.2, 0.25) is 4.90 Å². The van der Waals surface area contributed by atoms with Gasteiger partial charge in [-0.2, -0.15) is 27.9 Å². The van der Waals surface area contributed by atoms with Crippen molar-refractivity contribution in [1.82, 2.24) is 4.98 Å². The van der Waals surface area contributed by atoms with Gasteiger partial charge in [0.1, 0.15) is 11.8 Å². The van der Waals surface area contributed by atoms with Gasteiger partial charge in [0.15, 0.2) is 11.6 Å². The minimum Gasteiger partial charge on any atom is -0.339 e. The van der Waals surface area contributed by atoms with E-state index in [1.54, 1.807) is 6.92 Å². The van der Waals surface area contributed by atoms with Gasteiger partial charge in [-0.15, -0.1) is 0 Å². The summed E-state index contributed by atoms with van der Waals surface area (Å²) >= 11 is 0. The topological polar surface area (TPSA) is 209 Å². The van der Waals surface area contributed by atoms with Crippen LogP contribution in [0.15, 0.2) is 63.4 Å². The molecule has 0 saturated carbocycles. The Morgan fingerprint density at radius 1 is 1.03 bits per heavy atom. The molecule has 0 atom stereocenters. The quantitative estimate of drug-likeness (QED) is 0.156. The molecule has 12 nitrogen and oxygen atoms in total. The first-order valence-corrected chi connectivity index (χ1v) is 11.9. The van der Waals surface area contributed by atoms with Crippen LogP contribution in [0.25, 0.3) is 0 Å². The Balaban J connectivity index is 2.01. The summed E-state index contributed by atoms with van der Waals surface area (Å²) < 4.78 is 61.3. The van der Waals surface area contributed by atoms with Crippen LogP contribution in [-0.2, 0) is 24.8 Å².